The first kappa shape index (κ1) is 17.1. The molecule has 0 radical (unpaired) electrons. The van der Waals surface area contributed by atoms with Crippen LogP contribution in [0.2, 0.25) is 0 Å². The molecular formula is C17H17N3O4S. The molecule has 0 aliphatic carbocycles. The van der Waals surface area contributed by atoms with Crippen molar-refractivity contribution in [2.24, 2.45) is 0 Å². The molecule has 3 aromatic rings. The maximum absolute atomic E-state index is 12.3. The number of nitrogens with one attached hydrogen (secondary N) is 1. The van der Waals surface area contributed by atoms with E-state index in [1.165, 1.54) is 7.11 Å². The molecule has 0 aliphatic heterocycles. The van der Waals surface area contributed by atoms with Crippen LogP contribution >= 0.6 is 0 Å². The van der Waals surface area contributed by atoms with Crippen molar-refractivity contribution in [2.45, 2.75) is 11.8 Å². The van der Waals surface area contributed by atoms with Gasteiger partial charge in [-0.25, -0.2) is 4.98 Å². The summed E-state index contributed by atoms with van der Waals surface area (Å²) in [6.45, 7) is 1.97. The number of nitrogens with zero attached hydrogens (tertiary/aromatic N) is 2. The van der Waals surface area contributed by atoms with Gasteiger partial charge in [0.1, 0.15) is 17.3 Å². The Kier molecular flexibility index (Phi) is 5.08. The van der Waals surface area contributed by atoms with Crippen molar-refractivity contribution in [1.82, 2.24) is 15.0 Å². The molecule has 3 rings (SSSR count). The number of carbonyl (C=O) groups excluding carboxylic acids is 1. The summed E-state index contributed by atoms with van der Waals surface area (Å²) in [4.78, 5) is 23.7. The van der Waals surface area contributed by atoms with Crippen LogP contribution in [0, 0.1) is 0 Å². The number of ether oxygens (including phenoxy) is 2. The number of carbonyl (C=O) groups is 1. The zero-order valence-corrected chi connectivity index (χ0v) is 14.6. The molecule has 0 spiro atoms. The lowest BCUT2D eigenvalue weighted by Crippen LogP contribution is -2.14. The number of esters is 1. The standard InChI is InChI=1S/C17H17N3O4S/c1-3-24-16(21)10-25(22)11-4-5-12(15(8-11)23-2)17-19-13-6-7-18-9-14(13)20-17/h4-9H,3,10H2,1-2H3,(H,19,20). The number of aromatic amines is 1. The predicted octanol–water partition coefficient (Wildman–Crippen LogP) is 2.30. The van der Waals surface area contributed by atoms with Gasteiger partial charge in [0.15, 0.2) is 0 Å². The Hall–Kier alpha value is -2.74. The number of fused-ring (bicyclic) bond motifs is 1. The average Bonchev–Trinajstić information content (AvgIpc) is 3.05. The number of aromatic nitrogens is 3. The van der Waals surface area contributed by atoms with E-state index in [1.54, 1.807) is 37.5 Å². The minimum absolute atomic E-state index is 0.188. The number of methoxy groups -OCH3 is 1. The first-order valence-corrected chi connectivity index (χ1v) is 8.96. The van der Waals surface area contributed by atoms with Gasteiger partial charge in [0, 0.05) is 11.1 Å². The Morgan fingerprint density at radius 3 is 2.88 bits per heavy atom. The summed E-state index contributed by atoms with van der Waals surface area (Å²) in [5, 5.41) is 0. The van der Waals surface area contributed by atoms with Crippen molar-refractivity contribution in [3.63, 3.8) is 0 Å². The Bertz CT molecular complexity index is 906. The van der Waals surface area contributed by atoms with Gasteiger partial charge in [0.2, 0.25) is 0 Å². The van der Waals surface area contributed by atoms with Crippen molar-refractivity contribution in [3.8, 4) is 17.1 Å². The number of hydrogen-bond donors (Lipinski definition) is 1. The van der Waals surface area contributed by atoms with Crippen LogP contribution in [0.15, 0.2) is 41.6 Å². The summed E-state index contributed by atoms with van der Waals surface area (Å²) in [6, 6.07) is 6.92. The van der Waals surface area contributed by atoms with E-state index in [4.69, 9.17) is 9.47 Å². The zero-order valence-electron chi connectivity index (χ0n) is 13.8. The van der Waals surface area contributed by atoms with Crippen LogP contribution in [0.4, 0.5) is 0 Å². The van der Waals surface area contributed by atoms with Crippen molar-refractivity contribution in [1.29, 1.82) is 0 Å². The van der Waals surface area contributed by atoms with Gasteiger partial charge in [-0.3, -0.25) is 14.0 Å². The highest BCUT2D eigenvalue weighted by Gasteiger charge is 2.16. The first-order valence-electron chi connectivity index (χ1n) is 7.64. The third-order valence-electron chi connectivity index (χ3n) is 3.53. The smallest absolute Gasteiger partial charge is 0.318 e. The highest BCUT2D eigenvalue weighted by atomic mass is 32.2. The molecule has 0 bridgehead atoms. The number of pyridine rings is 1. The number of benzene rings is 1. The predicted molar refractivity (Wildman–Crippen MR) is 93.8 cm³/mol. The molecule has 0 saturated carbocycles. The number of imidazole rings is 1. The second-order valence-corrected chi connectivity index (χ2v) is 6.59. The number of rotatable bonds is 6. The first-order chi connectivity index (χ1) is 12.1. The van der Waals surface area contributed by atoms with E-state index in [0.29, 0.717) is 16.5 Å². The Balaban J connectivity index is 1.91. The molecule has 1 N–H and O–H groups in total. The van der Waals surface area contributed by atoms with Gasteiger partial charge in [-0.05, 0) is 31.2 Å². The fourth-order valence-electron chi connectivity index (χ4n) is 2.39. The van der Waals surface area contributed by atoms with Gasteiger partial charge in [0.05, 0.1) is 47.3 Å². The maximum atomic E-state index is 12.3. The van der Waals surface area contributed by atoms with Gasteiger partial charge in [-0.1, -0.05) is 0 Å². The van der Waals surface area contributed by atoms with Crippen LogP contribution in [0.5, 0.6) is 5.75 Å². The van der Waals surface area contributed by atoms with Gasteiger partial charge >= 0.3 is 5.97 Å². The largest absolute Gasteiger partial charge is 0.496 e. The molecule has 130 valence electrons. The molecule has 1 atom stereocenters. The molecule has 25 heavy (non-hydrogen) atoms. The van der Waals surface area contributed by atoms with Crippen LogP contribution in [-0.4, -0.2) is 44.6 Å². The van der Waals surface area contributed by atoms with Crippen LogP contribution in [0.1, 0.15) is 6.92 Å². The lowest BCUT2D eigenvalue weighted by Gasteiger charge is -2.09. The van der Waals surface area contributed by atoms with Crippen molar-refractivity contribution in [2.75, 3.05) is 19.5 Å². The van der Waals surface area contributed by atoms with Crippen LogP contribution in [-0.2, 0) is 20.3 Å². The third kappa shape index (κ3) is 3.69. The normalized spacial score (nSPS) is 12.1. The van der Waals surface area contributed by atoms with Crippen molar-refractivity contribution >= 4 is 27.8 Å². The molecule has 8 heteroatoms. The number of hydrogen-bond acceptors (Lipinski definition) is 6. The Morgan fingerprint density at radius 1 is 1.32 bits per heavy atom. The fraction of sp³-hybridized carbons (Fsp3) is 0.235. The summed E-state index contributed by atoms with van der Waals surface area (Å²) < 4.78 is 22.6. The van der Waals surface area contributed by atoms with E-state index in [-0.39, 0.29) is 12.4 Å². The topological polar surface area (TPSA) is 94.2 Å². The van der Waals surface area contributed by atoms with Crippen LogP contribution < -0.4 is 4.74 Å². The molecule has 0 saturated heterocycles. The molecule has 2 heterocycles. The third-order valence-corrected chi connectivity index (χ3v) is 4.81. The van der Waals surface area contributed by atoms with E-state index in [9.17, 15) is 9.00 Å². The Morgan fingerprint density at radius 2 is 2.16 bits per heavy atom. The van der Waals surface area contributed by atoms with Gasteiger partial charge in [-0.2, -0.15) is 0 Å². The number of H-pyrrole nitrogens is 1. The van der Waals surface area contributed by atoms with Crippen molar-refractivity contribution in [3.05, 3.63) is 36.7 Å². The quantitative estimate of drug-likeness (QED) is 0.679. The lowest BCUT2D eigenvalue weighted by atomic mass is 10.2. The van der Waals surface area contributed by atoms with E-state index < -0.39 is 16.8 Å². The summed E-state index contributed by atoms with van der Waals surface area (Å²) >= 11 is 0. The van der Waals surface area contributed by atoms with E-state index >= 15 is 0 Å². The maximum Gasteiger partial charge on any atom is 0.318 e. The van der Waals surface area contributed by atoms with Gasteiger partial charge in [0.25, 0.3) is 0 Å². The Labute approximate surface area is 146 Å². The SMILES string of the molecule is CCOC(=O)CS(=O)c1ccc(-c2nc3ccncc3[nH]2)c(OC)c1. The second-order valence-electron chi connectivity index (χ2n) is 5.14. The minimum atomic E-state index is -1.50. The minimum Gasteiger partial charge on any atom is -0.496 e. The summed E-state index contributed by atoms with van der Waals surface area (Å²) in [6.07, 6.45) is 3.37. The highest BCUT2D eigenvalue weighted by Crippen LogP contribution is 2.31. The second kappa shape index (κ2) is 7.43. The van der Waals surface area contributed by atoms with Crippen LogP contribution in [0.3, 0.4) is 0 Å². The lowest BCUT2D eigenvalue weighted by molar-refractivity contribution is -0.139. The molecular weight excluding hydrogens is 342 g/mol. The average molecular weight is 359 g/mol. The summed E-state index contributed by atoms with van der Waals surface area (Å²) in [7, 11) is 0.0274. The van der Waals surface area contributed by atoms with Gasteiger partial charge < -0.3 is 14.5 Å². The molecule has 7 nitrogen and oxygen atoms in total. The van der Waals surface area contributed by atoms with Crippen LogP contribution in [0.25, 0.3) is 22.4 Å². The van der Waals surface area contributed by atoms with E-state index in [1.807, 2.05) is 6.07 Å². The molecule has 0 fully saturated rings. The molecule has 2 aromatic heterocycles. The van der Waals surface area contributed by atoms with E-state index in [2.05, 4.69) is 15.0 Å². The molecule has 0 aliphatic rings. The molecule has 1 unspecified atom stereocenters. The molecule has 1 aromatic carbocycles. The molecule has 0 amide bonds. The fourth-order valence-corrected chi connectivity index (χ4v) is 3.31. The summed E-state index contributed by atoms with van der Waals surface area (Å²) in [5.41, 5.74) is 2.34. The van der Waals surface area contributed by atoms with Crippen molar-refractivity contribution < 1.29 is 18.5 Å². The zero-order chi connectivity index (χ0) is 17.8. The monoisotopic (exact) mass is 359 g/mol. The van der Waals surface area contributed by atoms with E-state index in [0.717, 1.165) is 16.6 Å². The highest BCUT2D eigenvalue weighted by molar-refractivity contribution is 7.85. The van der Waals surface area contributed by atoms with Gasteiger partial charge in [-0.15, -0.1) is 0 Å². The summed E-state index contributed by atoms with van der Waals surface area (Å²) in [5.74, 6) is 0.463.